The molecule has 1 fully saturated rings. The lowest BCUT2D eigenvalue weighted by molar-refractivity contribution is -0.115. The zero-order chi connectivity index (χ0) is 11.1. The third kappa shape index (κ3) is 1.60. The summed E-state index contributed by atoms with van der Waals surface area (Å²) in [6.07, 6.45) is 0. The normalized spacial score (nSPS) is 20.1. The zero-order valence-electron chi connectivity index (χ0n) is 8.66. The minimum Gasteiger partial charge on any atom is -0.355 e. The quantitative estimate of drug-likeness (QED) is 0.813. The fourth-order valence-corrected chi connectivity index (χ4v) is 2.47. The Kier molecular flexibility index (Phi) is 2.37. The van der Waals surface area contributed by atoms with Gasteiger partial charge < -0.3 is 15.5 Å². The molecule has 0 aliphatic carbocycles. The second-order valence-electron chi connectivity index (χ2n) is 4.15. The molecule has 84 valence electrons. The van der Waals surface area contributed by atoms with E-state index in [0.717, 1.165) is 28.9 Å². The molecule has 0 aromatic heterocycles. The van der Waals surface area contributed by atoms with Crippen molar-refractivity contribution < 1.29 is 4.79 Å². The number of benzene rings is 1. The van der Waals surface area contributed by atoms with Gasteiger partial charge in [0.25, 0.3) is 0 Å². The maximum Gasteiger partial charge on any atom is 0.243 e. The number of hydrogen-bond acceptors (Lipinski definition) is 3. The van der Waals surface area contributed by atoms with Crippen LogP contribution in [0.25, 0.3) is 0 Å². The molecule has 1 saturated heterocycles. The topological polar surface area (TPSA) is 44.4 Å². The number of fused-ring (bicyclic) bond motifs is 1. The van der Waals surface area contributed by atoms with Gasteiger partial charge in [0.2, 0.25) is 5.91 Å². The molecule has 0 spiro atoms. The summed E-state index contributed by atoms with van der Waals surface area (Å²) in [4.78, 5) is 13.8. The molecule has 16 heavy (non-hydrogen) atoms. The van der Waals surface area contributed by atoms with E-state index >= 15 is 0 Å². The third-order valence-electron chi connectivity index (χ3n) is 3.06. The molecule has 0 unspecified atom stereocenters. The standard InChI is InChI=1S/C11H12BrN3O/c12-7-1-2-10-9(3-7)14-11(16)6-15(10)8-4-13-5-8/h1-3,8,13H,4-6H2,(H,14,16). The number of nitrogens with zero attached hydrogens (tertiary/aromatic N) is 1. The van der Waals surface area contributed by atoms with Crippen LogP contribution in [0.2, 0.25) is 0 Å². The van der Waals surface area contributed by atoms with Crippen molar-refractivity contribution in [1.29, 1.82) is 0 Å². The Morgan fingerprint density at radius 3 is 2.88 bits per heavy atom. The summed E-state index contributed by atoms with van der Waals surface area (Å²) in [5, 5.41) is 6.14. The molecule has 4 nitrogen and oxygen atoms in total. The van der Waals surface area contributed by atoms with Gasteiger partial charge in [-0.15, -0.1) is 0 Å². The first-order valence-electron chi connectivity index (χ1n) is 5.31. The van der Waals surface area contributed by atoms with Crippen LogP contribution in [0.15, 0.2) is 22.7 Å². The average Bonchev–Trinajstić information content (AvgIpc) is 2.13. The lowest BCUT2D eigenvalue weighted by Gasteiger charge is -2.42. The molecule has 0 saturated carbocycles. The monoisotopic (exact) mass is 281 g/mol. The van der Waals surface area contributed by atoms with Gasteiger partial charge in [-0.25, -0.2) is 0 Å². The van der Waals surface area contributed by atoms with Crippen LogP contribution < -0.4 is 15.5 Å². The van der Waals surface area contributed by atoms with Gasteiger partial charge in [-0.05, 0) is 18.2 Å². The third-order valence-corrected chi connectivity index (χ3v) is 3.55. The summed E-state index contributed by atoms with van der Waals surface area (Å²) in [7, 11) is 0. The number of rotatable bonds is 1. The molecule has 1 aromatic carbocycles. The van der Waals surface area contributed by atoms with Crippen LogP contribution in [0.5, 0.6) is 0 Å². The number of halogens is 1. The van der Waals surface area contributed by atoms with Gasteiger partial charge in [0.15, 0.2) is 0 Å². The summed E-state index contributed by atoms with van der Waals surface area (Å²) in [6.45, 7) is 2.38. The molecule has 0 atom stereocenters. The van der Waals surface area contributed by atoms with Crippen molar-refractivity contribution >= 4 is 33.2 Å². The van der Waals surface area contributed by atoms with Gasteiger partial charge in [-0.3, -0.25) is 4.79 Å². The molecule has 0 radical (unpaired) electrons. The van der Waals surface area contributed by atoms with E-state index in [1.165, 1.54) is 0 Å². The maximum absolute atomic E-state index is 11.6. The van der Waals surface area contributed by atoms with E-state index in [0.29, 0.717) is 12.6 Å². The van der Waals surface area contributed by atoms with Crippen LogP contribution in [-0.4, -0.2) is 31.6 Å². The van der Waals surface area contributed by atoms with Gasteiger partial charge in [0, 0.05) is 17.6 Å². The van der Waals surface area contributed by atoms with Gasteiger partial charge in [0.05, 0.1) is 24.0 Å². The lowest BCUT2D eigenvalue weighted by atomic mass is 10.1. The maximum atomic E-state index is 11.6. The number of amides is 1. The minimum absolute atomic E-state index is 0.0671. The van der Waals surface area contributed by atoms with Crippen molar-refractivity contribution in [3.05, 3.63) is 22.7 Å². The summed E-state index contributed by atoms with van der Waals surface area (Å²) >= 11 is 3.42. The summed E-state index contributed by atoms with van der Waals surface area (Å²) in [5.74, 6) is 0.0671. The summed E-state index contributed by atoms with van der Waals surface area (Å²) in [6, 6.07) is 6.46. The number of hydrogen-bond donors (Lipinski definition) is 2. The highest BCUT2D eigenvalue weighted by atomic mass is 79.9. The zero-order valence-corrected chi connectivity index (χ0v) is 10.3. The van der Waals surface area contributed by atoms with Gasteiger partial charge in [-0.1, -0.05) is 15.9 Å². The summed E-state index contributed by atoms with van der Waals surface area (Å²) < 4.78 is 0.986. The van der Waals surface area contributed by atoms with E-state index in [1.54, 1.807) is 0 Å². The van der Waals surface area contributed by atoms with Crippen molar-refractivity contribution in [1.82, 2.24) is 5.32 Å². The Balaban J connectivity index is 2.00. The average molecular weight is 282 g/mol. The van der Waals surface area contributed by atoms with Crippen LogP contribution >= 0.6 is 15.9 Å². The number of carbonyl (C=O) groups is 1. The number of nitrogens with one attached hydrogen (secondary N) is 2. The first-order valence-corrected chi connectivity index (χ1v) is 6.10. The fourth-order valence-electron chi connectivity index (χ4n) is 2.11. The molecular weight excluding hydrogens is 270 g/mol. The largest absolute Gasteiger partial charge is 0.355 e. The summed E-state index contributed by atoms with van der Waals surface area (Å²) in [5.41, 5.74) is 2.02. The van der Waals surface area contributed by atoms with E-state index in [9.17, 15) is 4.79 Å². The van der Waals surface area contributed by atoms with Crippen LogP contribution in [-0.2, 0) is 4.79 Å². The first kappa shape index (κ1) is 10.1. The van der Waals surface area contributed by atoms with Crippen LogP contribution in [0, 0.1) is 0 Å². The van der Waals surface area contributed by atoms with Crippen molar-refractivity contribution in [2.45, 2.75) is 6.04 Å². The molecule has 2 heterocycles. The van der Waals surface area contributed by atoms with E-state index in [2.05, 4.69) is 37.5 Å². The molecular formula is C11H12BrN3O. The van der Waals surface area contributed by atoms with Gasteiger partial charge >= 0.3 is 0 Å². The molecule has 2 aliphatic rings. The molecule has 2 aliphatic heterocycles. The second kappa shape index (κ2) is 3.75. The first-order chi connectivity index (χ1) is 7.74. The van der Waals surface area contributed by atoms with Crippen molar-refractivity contribution in [2.75, 3.05) is 29.9 Å². The number of anilines is 2. The Morgan fingerprint density at radius 2 is 2.19 bits per heavy atom. The van der Waals surface area contributed by atoms with Crippen molar-refractivity contribution in [2.24, 2.45) is 0 Å². The van der Waals surface area contributed by atoms with Crippen LogP contribution in [0.3, 0.4) is 0 Å². The predicted octanol–water partition coefficient (Wildman–Crippen LogP) is 1.18. The molecule has 1 aromatic rings. The fraction of sp³-hybridized carbons (Fsp3) is 0.364. The smallest absolute Gasteiger partial charge is 0.243 e. The lowest BCUT2D eigenvalue weighted by Crippen LogP contribution is -2.60. The van der Waals surface area contributed by atoms with E-state index < -0.39 is 0 Å². The molecule has 3 rings (SSSR count). The van der Waals surface area contributed by atoms with Crippen LogP contribution in [0.1, 0.15) is 0 Å². The Morgan fingerprint density at radius 1 is 1.38 bits per heavy atom. The predicted molar refractivity (Wildman–Crippen MR) is 66.8 cm³/mol. The molecule has 5 heteroatoms. The van der Waals surface area contributed by atoms with Gasteiger partial charge in [-0.2, -0.15) is 0 Å². The highest BCUT2D eigenvalue weighted by Gasteiger charge is 2.31. The highest BCUT2D eigenvalue weighted by Crippen LogP contribution is 2.33. The molecule has 0 bridgehead atoms. The van der Waals surface area contributed by atoms with E-state index in [4.69, 9.17) is 0 Å². The van der Waals surface area contributed by atoms with E-state index in [-0.39, 0.29) is 5.91 Å². The number of carbonyl (C=O) groups excluding carboxylic acids is 1. The Labute approximate surface area is 102 Å². The van der Waals surface area contributed by atoms with Gasteiger partial charge in [0.1, 0.15) is 0 Å². The SMILES string of the molecule is O=C1CN(C2CNC2)c2ccc(Br)cc2N1. The van der Waals surface area contributed by atoms with Crippen molar-refractivity contribution in [3.63, 3.8) is 0 Å². The molecule has 1 amide bonds. The Bertz CT molecular complexity index is 445. The van der Waals surface area contributed by atoms with Crippen molar-refractivity contribution in [3.8, 4) is 0 Å². The molecule has 2 N–H and O–H groups in total. The van der Waals surface area contributed by atoms with E-state index in [1.807, 2.05) is 12.1 Å². The van der Waals surface area contributed by atoms with Crippen LogP contribution in [0.4, 0.5) is 11.4 Å². The Hall–Kier alpha value is -1.07. The second-order valence-corrected chi connectivity index (χ2v) is 5.07. The highest BCUT2D eigenvalue weighted by molar-refractivity contribution is 9.10. The minimum atomic E-state index is 0.0671.